The molecule has 2 heterocycles. The van der Waals surface area contributed by atoms with Crippen molar-refractivity contribution in [3.05, 3.63) is 30.1 Å². The van der Waals surface area contributed by atoms with Gasteiger partial charge in [-0.25, -0.2) is 4.98 Å². The number of epoxide rings is 1. The van der Waals surface area contributed by atoms with Crippen molar-refractivity contribution in [3.8, 4) is 6.07 Å². The first-order valence-electron chi connectivity index (χ1n) is 8.21. The van der Waals surface area contributed by atoms with E-state index >= 15 is 0 Å². The van der Waals surface area contributed by atoms with E-state index in [1.807, 2.05) is 24.5 Å². The van der Waals surface area contributed by atoms with Gasteiger partial charge in [0.15, 0.2) is 0 Å². The zero-order valence-electron chi connectivity index (χ0n) is 12.6. The molecule has 2 saturated carbocycles. The Balaban J connectivity index is 1.48. The Bertz CT molecular complexity index is 792. The van der Waals surface area contributed by atoms with E-state index in [0.717, 1.165) is 24.2 Å². The zero-order chi connectivity index (χ0) is 14.8. The first-order valence-corrected chi connectivity index (χ1v) is 8.21. The summed E-state index contributed by atoms with van der Waals surface area (Å²) in [6.07, 6.45) is 8.48. The third-order valence-corrected chi connectivity index (χ3v) is 6.17. The van der Waals surface area contributed by atoms with Crippen molar-refractivity contribution in [2.75, 3.05) is 6.61 Å². The van der Waals surface area contributed by atoms with Gasteiger partial charge in [0.25, 0.3) is 0 Å². The molecule has 3 fully saturated rings. The Labute approximate surface area is 129 Å². The van der Waals surface area contributed by atoms with Crippen LogP contribution in [-0.4, -0.2) is 21.8 Å². The molecule has 22 heavy (non-hydrogen) atoms. The fraction of sp³-hybridized carbons (Fsp3) is 0.556. The standard InChI is InChI=1S/C18H19N3O/c19-9-13-1-2-15-16(7-13)21(12-20-15)10-14-8-18(11-22-18)6-5-17(14)3-4-17/h1-2,7,12,14H,3-6,8,10-11H2/t14-,18+/m1/s1. The number of imidazole rings is 1. The Hall–Kier alpha value is -1.86. The van der Waals surface area contributed by atoms with E-state index < -0.39 is 0 Å². The molecule has 5 rings (SSSR count). The number of nitriles is 1. The summed E-state index contributed by atoms with van der Waals surface area (Å²) in [5, 5.41) is 9.12. The molecule has 0 radical (unpaired) electrons. The highest BCUT2D eigenvalue weighted by molar-refractivity contribution is 5.76. The van der Waals surface area contributed by atoms with Crippen LogP contribution in [0.1, 0.15) is 37.7 Å². The van der Waals surface area contributed by atoms with Crippen LogP contribution >= 0.6 is 0 Å². The highest BCUT2D eigenvalue weighted by Gasteiger charge is 2.59. The lowest BCUT2D eigenvalue weighted by atomic mass is 9.71. The number of rotatable bonds is 2. The van der Waals surface area contributed by atoms with Crippen molar-refractivity contribution in [1.29, 1.82) is 5.26 Å². The SMILES string of the molecule is N#Cc1ccc2ncn(C[C@H]3C[C@@]4(CCC35CC5)CO4)c2c1. The molecule has 2 spiro atoms. The van der Waals surface area contributed by atoms with Gasteiger partial charge in [-0.05, 0) is 61.6 Å². The molecule has 1 aromatic heterocycles. The highest BCUT2D eigenvalue weighted by Crippen LogP contribution is 2.64. The summed E-state index contributed by atoms with van der Waals surface area (Å²) < 4.78 is 8.02. The maximum atomic E-state index is 9.12. The van der Waals surface area contributed by atoms with Crippen molar-refractivity contribution >= 4 is 11.0 Å². The number of ether oxygens (including phenoxy) is 1. The minimum Gasteiger partial charge on any atom is -0.370 e. The minimum atomic E-state index is 0.215. The molecule has 1 aromatic carbocycles. The number of fused-ring (bicyclic) bond motifs is 1. The van der Waals surface area contributed by atoms with Crippen molar-refractivity contribution in [2.45, 2.75) is 44.2 Å². The van der Waals surface area contributed by atoms with Crippen LogP contribution < -0.4 is 0 Å². The van der Waals surface area contributed by atoms with Gasteiger partial charge in [-0.15, -0.1) is 0 Å². The molecule has 1 saturated heterocycles. The minimum absolute atomic E-state index is 0.215. The molecule has 0 unspecified atom stereocenters. The quantitative estimate of drug-likeness (QED) is 0.799. The first-order chi connectivity index (χ1) is 10.7. The lowest BCUT2D eigenvalue weighted by molar-refractivity contribution is 0.108. The molecule has 0 amide bonds. The third kappa shape index (κ3) is 1.82. The van der Waals surface area contributed by atoms with E-state index in [1.54, 1.807) is 0 Å². The number of aromatic nitrogens is 2. The maximum Gasteiger partial charge on any atom is 0.0992 e. The third-order valence-electron chi connectivity index (χ3n) is 6.17. The molecular formula is C18H19N3O. The van der Waals surface area contributed by atoms with Gasteiger partial charge in [0.2, 0.25) is 0 Å². The summed E-state index contributed by atoms with van der Waals surface area (Å²) >= 11 is 0. The molecule has 0 bridgehead atoms. The van der Waals surface area contributed by atoms with Gasteiger partial charge in [-0.2, -0.15) is 5.26 Å². The second-order valence-electron chi connectivity index (χ2n) is 7.45. The van der Waals surface area contributed by atoms with E-state index in [1.165, 1.54) is 32.1 Å². The predicted octanol–water partition coefficient (Wildman–Crippen LogP) is 3.26. The summed E-state index contributed by atoms with van der Waals surface area (Å²) in [5.41, 5.74) is 3.57. The molecule has 2 aliphatic carbocycles. The van der Waals surface area contributed by atoms with Crippen LogP contribution in [0.4, 0.5) is 0 Å². The Morgan fingerprint density at radius 3 is 2.86 bits per heavy atom. The number of benzene rings is 1. The average Bonchev–Trinajstić information content (AvgIpc) is 3.44. The lowest BCUT2D eigenvalue weighted by Crippen LogP contribution is -2.34. The fourth-order valence-corrected chi connectivity index (χ4v) is 4.40. The van der Waals surface area contributed by atoms with Crippen LogP contribution in [0.3, 0.4) is 0 Å². The number of nitrogens with zero attached hydrogens (tertiary/aromatic N) is 3. The maximum absolute atomic E-state index is 9.12. The summed E-state index contributed by atoms with van der Waals surface area (Å²) in [6.45, 7) is 1.97. The highest BCUT2D eigenvalue weighted by atomic mass is 16.6. The summed E-state index contributed by atoms with van der Waals surface area (Å²) in [4.78, 5) is 4.50. The van der Waals surface area contributed by atoms with Crippen LogP contribution in [-0.2, 0) is 11.3 Å². The summed E-state index contributed by atoms with van der Waals surface area (Å²) in [7, 11) is 0. The normalized spacial score (nSPS) is 31.5. The Morgan fingerprint density at radius 2 is 2.14 bits per heavy atom. The van der Waals surface area contributed by atoms with Gasteiger partial charge in [-0.3, -0.25) is 0 Å². The first kappa shape index (κ1) is 12.7. The Morgan fingerprint density at radius 1 is 1.32 bits per heavy atom. The Kier molecular flexibility index (Phi) is 2.37. The monoisotopic (exact) mass is 293 g/mol. The smallest absolute Gasteiger partial charge is 0.0992 e. The van der Waals surface area contributed by atoms with E-state index in [2.05, 4.69) is 15.6 Å². The van der Waals surface area contributed by atoms with E-state index in [9.17, 15) is 0 Å². The lowest BCUT2D eigenvalue weighted by Gasteiger charge is -2.35. The molecule has 4 nitrogen and oxygen atoms in total. The van der Waals surface area contributed by atoms with E-state index in [-0.39, 0.29) is 5.60 Å². The second kappa shape index (κ2) is 4.11. The zero-order valence-corrected chi connectivity index (χ0v) is 12.6. The van der Waals surface area contributed by atoms with Gasteiger partial charge in [0.05, 0.1) is 41.2 Å². The van der Waals surface area contributed by atoms with E-state index in [4.69, 9.17) is 10.00 Å². The molecule has 2 atom stereocenters. The fourth-order valence-electron chi connectivity index (χ4n) is 4.40. The van der Waals surface area contributed by atoms with Crippen LogP contribution in [0.15, 0.2) is 24.5 Å². The van der Waals surface area contributed by atoms with E-state index in [0.29, 0.717) is 16.9 Å². The van der Waals surface area contributed by atoms with Crippen molar-refractivity contribution in [3.63, 3.8) is 0 Å². The van der Waals surface area contributed by atoms with Crippen LogP contribution in [0.2, 0.25) is 0 Å². The summed E-state index contributed by atoms with van der Waals surface area (Å²) in [5.74, 6) is 0.687. The number of hydrogen-bond acceptors (Lipinski definition) is 3. The van der Waals surface area contributed by atoms with Crippen LogP contribution in [0.5, 0.6) is 0 Å². The van der Waals surface area contributed by atoms with Gasteiger partial charge >= 0.3 is 0 Å². The number of hydrogen-bond donors (Lipinski definition) is 0. The van der Waals surface area contributed by atoms with Gasteiger partial charge in [-0.1, -0.05) is 0 Å². The van der Waals surface area contributed by atoms with Crippen LogP contribution in [0, 0.1) is 22.7 Å². The van der Waals surface area contributed by atoms with Crippen molar-refractivity contribution in [1.82, 2.24) is 9.55 Å². The molecular weight excluding hydrogens is 274 g/mol. The van der Waals surface area contributed by atoms with Gasteiger partial charge in [0, 0.05) is 6.54 Å². The molecule has 112 valence electrons. The molecule has 0 N–H and O–H groups in total. The average molecular weight is 293 g/mol. The largest absolute Gasteiger partial charge is 0.370 e. The van der Waals surface area contributed by atoms with Gasteiger partial charge < -0.3 is 9.30 Å². The topological polar surface area (TPSA) is 54.1 Å². The predicted molar refractivity (Wildman–Crippen MR) is 82.1 cm³/mol. The second-order valence-corrected chi connectivity index (χ2v) is 7.45. The summed E-state index contributed by atoms with van der Waals surface area (Å²) in [6, 6.07) is 7.99. The van der Waals surface area contributed by atoms with Crippen LogP contribution in [0.25, 0.3) is 11.0 Å². The molecule has 1 aliphatic heterocycles. The van der Waals surface area contributed by atoms with Crippen molar-refractivity contribution < 1.29 is 4.74 Å². The molecule has 3 aliphatic rings. The van der Waals surface area contributed by atoms with Gasteiger partial charge in [0.1, 0.15) is 0 Å². The molecule has 4 heteroatoms. The molecule has 2 aromatic rings. The van der Waals surface area contributed by atoms with Crippen molar-refractivity contribution in [2.24, 2.45) is 11.3 Å².